The van der Waals surface area contributed by atoms with Crippen LogP contribution in [0, 0.1) is 17.2 Å². The van der Waals surface area contributed by atoms with Crippen LogP contribution in [0.4, 0.5) is 11.4 Å². The van der Waals surface area contributed by atoms with Crippen molar-refractivity contribution >= 4 is 44.5 Å². The highest BCUT2D eigenvalue weighted by molar-refractivity contribution is 6.12. The largest absolute Gasteiger partial charge is 0.355 e. The SMILES string of the molecule is C=C/C(=C\C=CC)n1c2ccccc2c2cc3c(cc21)C1=CC3(c2ccccc2)C(/C=C\CCC)/C=C\C=C/1.CN.N#Cc1cccc(Nc2ccccc2)c1. The molecule has 6 aromatic rings. The molecule has 0 saturated heterocycles. The summed E-state index contributed by atoms with van der Waals surface area (Å²) >= 11 is 0. The minimum atomic E-state index is -0.281. The Kier molecular flexibility index (Phi) is 13.0. The number of nitrogens with zero attached hydrogens (tertiary/aromatic N) is 2. The maximum Gasteiger partial charge on any atom is 0.0992 e. The zero-order valence-electron chi connectivity index (χ0n) is 32.6. The monoisotopic (exact) mass is 730 g/mol. The smallest absolute Gasteiger partial charge is 0.0992 e. The molecule has 2 atom stereocenters. The number of fused-ring (bicyclic) bond motifs is 7. The third-order valence-electron chi connectivity index (χ3n) is 10.2. The summed E-state index contributed by atoms with van der Waals surface area (Å²) in [6, 6.07) is 44.1. The normalized spacial score (nSPS) is 18.1. The zero-order chi connectivity index (χ0) is 39.3. The number of nitrogens with one attached hydrogen (secondary N) is 1. The van der Waals surface area contributed by atoms with Crippen LogP contribution in [0.3, 0.4) is 0 Å². The molecule has 2 aliphatic carbocycles. The third kappa shape index (κ3) is 7.91. The molecule has 3 N–H and O–H groups in total. The molecule has 278 valence electrons. The van der Waals surface area contributed by atoms with Gasteiger partial charge in [-0.05, 0) is 103 Å². The average molecular weight is 731 g/mol. The molecule has 1 heterocycles. The van der Waals surface area contributed by atoms with Crippen LogP contribution in [-0.2, 0) is 5.41 Å². The van der Waals surface area contributed by atoms with Crippen molar-refractivity contribution in [3.63, 3.8) is 0 Å². The lowest BCUT2D eigenvalue weighted by atomic mass is 9.66. The van der Waals surface area contributed by atoms with Crippen LogP contribution in [0.5, 0.6) is 0 Å². The van der Waals surface area contributed by atoms with Crippen LogP contribution in [0.15, 0.2) is 195 Å². The maximum absolute atomic E-state index is 8.75. The first-order valence-electron chi connectivity index (χ1n) is 19.3. The highest BCUT2D eigenvalue weighted by atomic mass is 15.0. The zero-order valence-corrected chi connectivity index (χ0v) is 32.6. The molecule has 0 radical (unpaired) electrons. The van der Waals surface area contributed by atoms with Crippen molar-refractivity contribution in [3.8, 4) is 6.07 Å². The summed E-state index contributed by atoms with van der Waals surface area (Å²) in [6.07, 6.45) is 26.9. The molecule has 56 heavy (non-hydrogen) atoms. The Balaban J connectivity index is 0.000000261. The van der Waals surface area contributed by atoms with Crippen molar-refractivity contribution in [2.45, 2.75) is 32.1 Å². The van der Waals surface area contributed by atoms with Crippen molar-refractivity contribution < 1.29 is 0 Å². The lowest BCUT2D eigenvalue weighted by molar-refractivity contribution is 0.551. The van der Waals surface area contributed by atoms with Gasteiger partial charge in [-0.25, -0.2) is 0 Å². The molecule has 4 nitrogen and oxygen atoms in total. The Labute approximate surface area is 332 Å². The Morgan fingerprint density at radius 3 is 2.32 bits per heavy atom. The summed E-state index contributed by atoms with van der Waals surface area (Å²) in [6.45, 7) is 8.46. The summed E-state index contributed by atoms with van der Waals surface area (Å²) < 4.78 is 2.36. The molecule has 1 aromatic heterocycles. The van der Waals surface area contributed by atoms with Crippen LogP contribution in [0.25, 0.3) is 33.1 Å². The fraction of sp³-hybridized carbons (Fsp3) is 0.135. The molecule has 5 aromatic carbocycles. The molecular weight excluding hydrogens is 681 g/mol. The second-order valence-electron chi connectivity index (χ2n) is 13.6. The second kappa shape index (κ2) is 18.6. The quantitative estimate of drug-likeness (QED) is 0.115. The van der Waals surface area contributed by atoms with Gasteiger partial charge in [-0.3, -0.25) is 0 Å². The number of para-hydroxylation sites is 2. The lowest BCUT2D eigenvalue weighted by Crippen LogP contribution is -2.31. The fourth-order valence-electron chi connectivity index (χ4n) is 7.74. The Morgan fingerprint density at radius 1 is 0.857 bits per heavy atom. The van der Waals surface area contributed by atoms with Crippen LogP contribution in [0.1, 0.15) is 48.9 Å². The van der Waals surface area contributed by atoms with Gasteiger partial charge in [0.05, 0.1) is 22.7 Å². The number of hydrogen-bond donors (Lipinski definition) is 2. The van der Waals surface area contributed by atoms with Gasteiger partial charge in [0.1, 0.15) is 0 Å². The molecular formula is C52H50N4. The summed E-state index contributed by atoms with van der Waals surface area (Å²) in [5, 5.41) is 14.5. The second-order valence-corrected chi connectivity index (χ2v) is 13.6. The van der Waals surface area contributed by atoms with Crippen LogP contribution in [-0.4, -0.2) is 11.6 Å². The Hall–Kier alpha value is -6.67. The van der Waals surface area contributed by atoms with E-state index in [2.05, 4.69) is 163 Å². The summed E-state index contributed by atoms with van der Waals surface area (Å²) in [5.74, 6) is 0.205. The predicted octanol–water partition coefficient (Wildman–Crippen LogP) is 13.1. The first kappa shape index (κ1) is 39.0. The molecule has 8 rings (SSSR count). The number of hydrogen-bond acceptors (Lipinski definition) is 3. The topological polar surface area (TPSA) is 66.8 Å². The van der Waals surface area contributed by atoms with E-state index in [9.17, 15) is 0 Å². The summed E-state index contributed by atoms with van der Waals surface area (Å²) in [7, 11) is 1.50. The van der Waals surface area contributed by atoms with Crippen molar-refractivity contribution in [2.24, 2.45) is 11.7 Å². The first-order valence-corrected chi connectivity index (χ1v) is 19.3. The lowest BCUT2D eigenvalue weighted by Gasteiger charge is -2.35. The van der Waals surface area contributed by atoms with Crippen LogP contribution >= 0.6 is 0 Å². The van der Waals surface area contributed by atoms with Gasteiger partial charge >= 0.3 is 0 Å². The van der Waals surface area contributed by atoms with E-state index >= 15 is 0 Å². The highest BCUT2D eigenvalue weighted by Crippen LogP contribution is 2.53. The van der Waals surface area contributed by atoms with Gasteiger partial charge in [0, 0.05) is 39.2 Å². The van der Waals surface area contributed by atoms with Gasteiger partial charge in [0.2, 0.25) is 0 Å². The number of nitrogens with two attached hydrogens (primary N) is 1. The average Bonchev–Trinajstić information content (AvgIpc) is 3.76. The van der Waals surface area contributed by atoms with E-state index in [0.29, 0.717) is 5.56 Å². The number of nitriles is 1. The molecule has 0 amide bonds. The van der Waals surface area contributed by atoms with Gasteiger partial charge in [-0.15, -0.1) is 0 Å². The molecule has 0 fully saturated rings. The van der Waals surface area contributed by atoms with E-state index in [4.69, 9.17) is 5.26 Å². The number of rotatable bonds is 9. The standard InChI is InChI=1S/C38H35N.C13H10N2.CH5N/c1-4-7-10-18-29-21-14-13-17-28-27-38(29,30-19-11-9-12-20-30)35-25-34-32-23-15-16-24-36(32)39(37(34)26-33(28)35)31(6-3)22-8-5-2;14-10-11-5-4-8-13(9-11)15-12-6-2-1-3-7-12;1-2/h5-6,8-27,29H,3-4,7H2,1-2H3;1-9,15H;2H2,1H3/b8-5?,17-13-,18-10-,21-14-,31-22+;;. The minimum absolute atomic E-state index is 0.205. The molecule has 2 unspecified atom stereocenters. The van der Waals surface area contributed by atoms with Crippen LogP contribution in [0.2, 0.25) is 0 Å². The van der Waals surface area contributed by atoms with Crippen molar-refractivity contribution in [3.05, 3.63) is 217 Å². The van der Waals surface area contributed by atoms with Gasteiger partial charge < -0.3 is 15.6 Å². The van der Waals surface area contributed by atoms with E-state index in [0.717, 1.165) is 29.9 Å². The number of aromatic nitrogens is 1. The fourth-order valence-corrected chi connectivity index (χ4v) is 7.74. The summed E-state index contributed by atoms with van der Waals surface area (Å²) in [5.41, 5.74) is 15.6. The van der Waals surface area contributed by atoms with Gasteiger partial charge in [-0.1, -0.05) is 147 Å². The van der Waals surface area contributed by atoms with Gasteiger partial charge in [-0.2, -0.15) is 5.26 Å². The van der Waals surface area contributed by atoms with Crippen LogP contribution < -0.4 is 11.1 Å². The number of benzene rings is 5. The number of allylic oxidation sites excluding steroid dienone is 13. The van der Waals surface area contributed by atoms with Crippen molar-refractivity contribution in [1.82, 2.24) is 4.57 Å². The van der Waals surface area contributed by atoms with Crippen molar-refractivity contribution in [2.75, 3.05) is 12.4 Å². The third-order valence-corrected chi connectivity index (χ3v) is 10.2. The van der Waals surface area contributed by atoms with Gasteiger partial charge in [0.15, 0.2) is 0 Å². The highest BCUT2D eigenvalue weighted by Gasteiger charge is 2.44. The maximum atomic E-state index is 8.75. The summed E-state index contributed by atoms with van der Waals surface area (Å²) in [4.78, 5) is 0. The first-order chi connectivity index (χ1) is 27.6. The molecule has 0 spiro atoms. The molecule has 2 bridgehead atoms. The van der Waals surface area contributed by atoms with E-state index in [1.54, 1.807) is 6.07 Å². The molecule has 4 heteroatoms. The van der Waals surface area contributed by atoms with E-state index in [-0.39, 0.29) is 11.3 Å². The minimum Gasteiger partial charge on any atom is -0.355 e. The predicted molar refractivity (Wildman–Crippen MR) is 241 cm³/mol. The molecule has 0 aliphatic heterocycles. The Bertz CT molecular complexity index is 2520. The van der Waals surface area contributed by atoms with Crippen molar-refractivity contribution in [1.29, 1.82) is 5.26 Å². The number of anilines is 2. The van der Waals surface area contributed by atoms with E-state index in [1.807, 2.05) is 61.5 Å². The Morgan fingerprint density at radius 2 is 1.59 bits per heavy atom. The number of unbranched alkanes of at least 4 members (excludes halogenated alkanes) is 1. The van der Waals surface area contributed by atoms with E-state index < -0.39 is 0 Å². The molecule has 0 saturated carbocycles. The van der Waals surface area contributed by atoms with Gasteiger partial charge in [0.25, 0.3) is 0 Å². The van der Waals surface area contributed by atoms with E-state index in [1.165, 1.54) is 51.1 Å². The molecule has 2 aliphatic rings.